The molecule has 2 unspecified atom stereocenters. The lowest BCUT2D eigenvalue weighted by molar-refractivity contribution is -0.0453. The topological polar surface area (TPSA) is 52.9 Å². The number of likely N-dealkylation sites (tertiary alicyclic amines) is 1. The molecule has 2 bridgehead atoms. The molecule has 5 atom stereocenters. The first-order valence-corrected chi connectivity index (χ1v) is 7.71. The Morgan fingerprint density at radius 3 is 3.05 bits per heavy atom. The summed E-state index contributed by atoms with van der Waals surface area (Å²) in [6, 6.07) is 4.23. The Morgan fingerprint density at radius 1 is 1.33 bits per heavy atom. The quantitative estimate of drug-likeness (QED) is 0.703. The van der Waals surface area contributed by atoms with Crippen molar-refractivity contribution < 1.29 is 14.9 Å². The standard InChI is InChI=1S/C17H19NO3/c1-18-7-6-17-10-3-5-13(20)16(17)21-15-12(19)4-2-9(14(15)17)8-11(10)18/h2-5,10-11,13,16,19-20H,6-8H2,1H3/t10?,11-,13?,16+,17+/m1/s1. The molecule has 4 aliphatic rings. The number of phenols is 1. The molecule has 1 saturated heterocycles. The lowest BCUT2D eigenvalue weighted by Crippen LogP contribution is -2.64. The van der Waals surface area contributed by atoms with Gasteiger partial charge in [-0.3, -0.25) is 0 Å². The first-order chi connectivity index (χ1) is 10.1. The second kappa shape index (κ2) is 3.62. The molecule has 110 valence electrons. The number of nitrogens with zero attached hydrogens (tertiary/aromatic N) is 1. The van der Waals surface area contributed by atoms with E-state index in [0.717, 1.165) is 19.4 Å². The number of phenolic OH excluding ortho intramolecular Hbond substituents is 1. The molecule has 0 saturated carbocycles. The second-order valence-corrected chi connectivity index (χ2v) is 6.93. The van der Waals surface area contributed by atoms with E-state index in [1.54, 1.807) is 6.07 Å². The highest BCUT2D eigenvalue weighted by atomic mass is 16.5. The average Bonchev–Trinajstić information content (AvgIpc) is 2.83. The third-order valence-electron chi connectivity index (χ3n) is 6.15. The number of piperidine rings is 1. The zero-order valence-electron chi connectivity index (χ0n) is 12.0. The maximum atomic E-state index is 10.4. The Bertz CT molecular complexity index is 670. The van der Waals surface area contributed by atoms with Gasteiger partial charge in [0.25, 0.3) is 0 Å². The molecule has 21 heavy (non-hydrogen) atoms. The molecule has 2 heterocycles. The molecular formula is C17H19NO3. The first kappa shape index (κ1) is 12.1. The van der Waals surface area contributed by atoms with E-state index in [9.17, 15) is 10.2 Å². The fraction of sp³-hybridized carbons (Fsp3) is 0.529. The van der Waals surface area contributed by atoms with Gasteiger partial charge in [-0.1, -0.05) is 18.2 Å². The summed E-state index contributed by atoms with van der Waals surface area (Å²) in [6.45, 7) is 1.01. The molecule has 1 aromatic carbocycles. The van der Waals surface area contributed by atoms with Gasteiger partial charge in [-0.05, 0) is 38.1 Å². The number of benzene rings is 1. The Labute approximate surface area is 123 Å². The summed E-state index contributed by atoms with van der Waals surface area (Å²) in [7, 11) is 2.19. The molecular weight excluding hydrogens is 266 g/mol. The number of aliphatic hydroxyl groups is 1. The predicted molar refractivity (Wildman–Crippen MR) is 77.6 cm³/mol. The van der Waals surface area contributed by atoms with Crippen LogP contribution in [0.1, 0.15) is 17.5 Å². The number of hydrogen-bond acceptors (Lipinski definition) is 4. The van der Waals surface area contributed by atoms with Crippen LogP contribution in [0.25, 0.3) is 0 Å². The minimum atomic E-state index is -0.594. The van der Waals surface area contributed by atoms with E-state index in [2.05, 4.69) is 18.0 Å². The van der Waals surface area contributed by atoms with Gasteiger partial charge in [0.05, 0.1) is 0 Å². The van der Waals surface area contributed by atoms with Crippen molar-refractivity contribution in [1.82, 2.24) is 4.90 Å². The Kier molecular flexibility index (Phi) is 2.08. The maximum Gasteiger partial charge on any atom is 0.165 e. The largest absolute Gasteiger partial charge is 0.504 e. The second-order valence-electron chi connectivity index (χ2n) is 6.93. The summed E-state index contributed by atoms with van der Waals surface area (Å²) in [5.74, 6) is 1.19. The molecule has 1 aromatic rings. The van der Waals surface area contributed by atoms with Gasteiger partial charge in [0.15, 0.2) is 11.5 Å². The predicted octanol–water partition coefficient (Wildman–Crippen LogP) is 1.20. The van der Waals surface area contributed by atoms with Crippen molar-refractivity contribution in [3.8, 4) is 11.5 Å². The molecule has 0 aromatic heterocycles. The first-order valence-electron chi connectivity index (χ1n) is 7.71. The van der Waals surface area contributed by atoms with Crippen LogP contribution < -0.4 is 4.74 Å². The Balaban J connectivity index is 1.84. The van der Waals surface area contributed by atoms with Gasteiger partial charge in [-0.25, -0.2) is 0 Å². The molecule has 4 heteroatoms. The minimum absolute atomic E-state index is 0.160. The molecule has 5 rings (SSSR count). The van der Waals surface area contributed by atoms with Gasteiger partial charge in [0, 0.05) is 22.9 Å². The van der Waals surface area contributed by atoms with E-state index in [0.29, 0.717) is 17.7 Å². The molecule has 4 nitrogen and oxygen atoms in total. The lowest BCUT2D eigenvalue weighted by atomic mass is 9.53. The molecule has 0 amide bonds. The van der Waals surface area contributed by atoms with Crippen LogP contribution in [0, 0.1) is 5.92 Å². The van der Waals surface area contributed by atoms with E-state index in [1.807, 2.05) is 12.1 Å². The van der Waals surface area contributed by atoms with Crippen LogP contribution in [0.4, 0.5) is 0 Å². The van der Waals surface area contributed by atoms with Crippen molar-refractivity contribution in [2.24, 2.45) is 5.92 Å². The third kappa shape index (κ3) is 1.21. The molecule has 1 fully saturated rings. The van der Waals surface area contributed by atoms with E-state index in [4.69, 9.17) is 4.74 Å². The van der Waals surface area contributed by atoms with Gasteiger partial charge in [0.2, 0.25) is 0 Å². The fourth-order valence-corrected chi connectivity index (χ4v) is 5.24. The highest BCUT2D eigenvalue weighted by Crippen LogP contribution is 2.62. The smallest absolute Gasteiger partial charge is 0.165 e. The number of likely N-dealkylation sites (N-methyl/N-ethyl adjacent to an activating group) is 1. The fourth-order valence-electron chi connectivity index (χ4n) is 5.24. The maximum absolute atomic E-state index is 10.4. The van der Waals surface area contributed by atoms with Crippen molar-refractivity contribution in [2.75, 3.05) is 13.6 Å². The van der Waals surface area contributed by atoms with E-state index in [1.165, 1.54) is 11.1 Å². The van der Waals surface area contributed by atoms with Crippen molar-refractivity contribution in [2.45, 2.75) is 36.5 Å². The van der Waals surface area contributed by atoms with E-state index in [-0.39, 0.29) is 17.3 Å². The number of aliphatic hydroxyl groups excluding tert-OH is 1. The Hall–Kier alpha value is -1.52. The van der Waals surface area contributed by atoms with Gasteiger partial charge < -0.3 is 19.8 Å². The molecule has 1 spiro atoms. The third-order valence-corrected chi connectivity index (χ3v) is 6.15. The Morgan fingerprint density at radius 2 is 2.19 bits per heavy atom. The summed E-state index contributed by atoms with van der Waals surface area (Å²) in [6.07, 6.45) is 5.18. The van der Waals surface area contributed by atoms with Gasteiger partial charge in [-0.15, -0.1) is 0 Å². The van der Waals surface area contributed by atoms with Crippen LogP contribution in [0.3, 0.4) is 0 Å². The molecule has 2 aliphatic heterocycles. The number of ether oxygens (including phenoxy) is 1. The van der Waals surface area contributed by atoms with Crippen molar-refractivity contribution >= 4 is 0 Å². The zero-order valence-corrected chi connectivity index (χ0v) is 12.0. The van der Waals surface area contributed by atoms with E-state index < -0.39 is 6.10 Å². The van der Waals surface area contributed by atoms with Crippen LogP contribution in [0.5, 0.6) is 11.5 Å². The van der Waals surface area contributed by atoms with Gasteiger partial charge in [-0.2, -0.15) is 0 Å². The molecule has 2 N–H and O–H groups in total. The summed E-state index contributed by atoms with van der Waals surface area (Å²) < 4.78 is 6.09. The number of aromatic hydroxyl groups is 1. The molecule has 2 aliphatic carbocycles. The SMILES string of the molecule is CN1CC[C@]23c4c5ccc(O)c4O[C@H]2C(O)C=CC3[C@H]1C5. The van der Waals surface area contributed by atoms with Crippen LogP contribution in [-0.4, -0.2) is 47.0 Å². The average molecular weight is 285 g/mol. The van der Waals surface area contributed by atoms with Crippen LogP contribution in [0.2, 0.25) is 0 Å². The number of hydrogen-bond donors (Lipinski definition) is 2. The normalized spacial score (nSPS) is 42.6. The summed E-state index contributed by atoms with van der Waals surface area (Å²) in [4.78, 5) is 2.43. The van der Waals surface area contributed by atoms with Crippen LogP contribution in [0.15, 0.2) is 24.3 Å². The summed E-state index contributed by atoms with van der Waals surface area (Å²) in [5, 5.41) is 20.6. The van der Waals surface area contributed by atoms with Crippen molar-refractivity contribution in [1.29, 1.82) is 0 Å². The number of rotatable bonds is 0. The minimum Gasteiger partial charge on any atom is -0.504 e. The van der Waals surface area contributed by atoms with Gasteiger partial charge in [0.1, 0.15) is 12.2 Å². The van der Waals surface area contributed by atoms with Crippen molar-refractivity contribution in [3.05, 3.63) is 35.4 Å². The lowest BCUT2D eigenvalue weighted by Gasteiger charge is -2.56. The van der Waals surface area contributed by atoms with Crippen LogP contribution >= 0.6 is 0 Å². The van der Waals surface area contributed by atoms with Gasteiger partial charge >= 0.3 is 0 Å². The highest BCUT2D eigenvalue weighted by Gasteiger charge is 2.64. The monoisotopic (exact) mass is 285 g/mol. The molecule has 0 radical (unpaired) electrons. The van der Waals surface area contributed by atoms with Crippen LogP contribution in [-0.2, 0) is 11.8 Å². The summed E-state index contributed by atoms with van der Waals surface area (Å²) in [5.41, 5.74) is 2.29. The van der Waals surface area contributed by atoms with E-state index >= 15 is 0 Å². The highest BCUT2D eigenvalue weighted by molar-refractivity contribution is 5.61. The zero-order chi connectivity index (χ0) is 14.4. The van der Waals surface area contributed by atoms with Crippen molar-refractivity contribution in [3.63, 3.8) is 0 Å². The summed E-state index contributed by atoms with van der Waals surface area (Å²) >= 11 is 0.